The molecule has 1 aromatic rings. The molecule has 1 heterocycles. The highest BCUT2D eigenvalue weighted by atomic mass is 32.2. The monoisotopic (exact) mass is 290 g/mol. The Morgan fingerprint density at radius 3 is 2.53 bits per heavy atom. The second-order valence-corrected chi connectivity index (χ2v) is 5.91. The van der Waals surface area contributed by atoms with Crippen molar-refractivity contribution < 1.29 is 13.5 Å². The molecule has 7 nitrogen and oxygen atoms in total. The first kappa shape index (κ1) is 16.1. The highest BCUT2D eigenvalue weighted by Crippen LogP contribution is 2.16. The lowest BCUT2D eigenvalue weighted by Gasteiger charge is -2.18. The Bertz CT molecular complexity index is 494. The number of nitrogens with one attached hydrogen (secondary N) is 2. The fraction of sp³-hybridized carbons (Fsp3) is 0.727. The molecule has 1 aromatic heterocycles. The first-order valence-electron chi connectivity index (χ1n) is 6.33. The fourth-order valence-electron chi connectivity index (χ4n) is 1.88. The summed E-state index contributed by atoms with van der Waals surface area (Å²) in [6.45, 7) is 8.01. The molecule has 0 amide bonds. The number of aryl methyl sites for hydroxylation is 1. The maximum absolute atomic E-state index is 12.2. The molecule has 19 heavy (non-hydrogen) atoms. The Hall–Kier alpha value is -0.960. The van der Waals surface area contributed by atoms with Gasteiger partial charge < -0.3 is 10.0 Å². The summed E-state index contributed by atoms with van der Waals surface area (Å²) in [6, 6.07) is 0. The zero-order valence-electron chi connectivity index (χ0n) is 11.6. The lowest BCUT2D eigenvalue weighted by Crippen LogP contribution is -2.35. The summed E-state index contributed by atoms with van der Waals surface area (Å²) in [5, 5.41) is 15.4. The van der Waals surface area contributed by atoms with Gasteiger partial charge in [-0.1, -0.05) is 13.8 Å². The molecule has 0 unspecified atom stereocenters. The van der Waals surface area contributed by atoms with Crippen molar-refractivity contribution in [3.8, 4) is 0 Å². The molecule has 0 saturated carbocycles. The van der Waals surface area contributed by atoms with Crippen LogP contribution in [-0.4, -0.2) is 54.8 Å². The average Bonchev–Trinajstić information content (AvgIpc) is 2.76. The lowest BCUT2D eigenvalue weighted by molar-refractivity contribution is 0.273. The molecule has 110 valence electrons. The van der Waals surface area contributed by atoms with Crippen LogP contribution in [0.5, 0.6) is 0 Å². The quantitative estimate of drug-likeness (QED) is 0.617. The Morgan fingerprint density at radius 2 is 2.00 bits per heavy atom. The molecular weight excluding hydrogens is 268 g/mol. The standard InChI is InChI=1S/C11H22N4O3S/c1-4-15(5-2)7-6-12-19(17,18)11-9(3)13-14-10(11)8-16/h12,16H,4-8H2,1-3H3,(H,13,14). The van der Waals surface area contributed by atoms with Crippen molar-refractivity contribution in [1.29, 1.82) is 0 Å². The van der Waals surface area contributed by atoms with Gasteiger partial charge in [0.25, 0.3) is 0 Å². The van der Waals surface area contributed by atoms with Gasteiger partial charge in [0.05, 0.1) is 12.3 Å². The van der Waals surface area contributed by atoms with E-state index in [1.54, 1.807) is 6.92 Å². The van der Waals surface area contributed by atoms with E-state index in [1.807, 2.05) is 13.8 Å². The minimum atomic E-state index is -3.63. The third kappa shape index (κ3) is 4.00. The van der Waals surface area contributed by atoms with Crippen LogP contribution in [0, 0.1) is 6.92 Å². The van der Waals surface area contributed by atoms with E-state index in [9.17, 15) is 8.42 Å². The molecule has 3 N–H and O–H groups in total. The van der Waals surface area contributed by atoms with Gasteiger partial charge in [0.15, 0.2) is 0 Å². The van der Waals surface area contributed by atoms with E-state index in [0.717, 1.165) is 13.1 Å². The van der Waals surface area contributed by atoms with Gasteiger partial charge in [-0.25, -0.2) is 13.1 Å². The minimum Gasteiger partial charge on any atom is -0.390 e. The third-order valence-corrected chi connectivity index (χ3v) is 4.66. The first-order valence-corrected chi connectivity index (χ1v) is 7.81. The van der Waals surface area contributed by atoms with E-state index in [4.69, 9.17) is 5.11 Å². The van der Waals surface area contributed by atoms with Crippen molar-refractivity contribution in [2.45, 2.75) is 32.3 Å². The molecule has 8 heteroatoms. The zero-order chi connectivity index (χ0) is 14.5. The van der Waals surface area contributed by atoms with Crippen LogP contribution in [0.3, 0.4) is 0 Å². The highest BCUT2D eigenvalue weighted by molar-refractivity contribution is 7.89. The van der Waals surface area contributed by atoms with Crippen LogP contribution in [0.4, 0.5) is 0 Å². The van der Waals surface area contributed by atoms with E-state index in [0.29, 0.717) is 18.8 Å². The SMILES string of the molecule is CCN(CC)CCNS(=O)(=O)c1c(CO)n[nH]c1C. The Balaban J connectivity index is 2.73. The number of aliphatic hydroxyl groups excluding tert-OH is 1. The Morgan fingerprint density at radius 1 is 1.37 bits per heavy atom. The predicted molar refractivity (Wildman–Crippen MR) is 72.2 cm³/mol. The molecule has 0 fully saturated rings. The molecular formula is C11H22N4O3S. The van der Waals surface area contributed by atoms with Crippen molar-refractivity contribution in [2.24, 2.45) is 0 Å². The molecule has 0 aliphatic rings. The maximum Gasteiger partial charge on any atom is 0.244 e. The number of sulfonamides is 1. The third-order valence-electron chi connectivity index (χ3n) is 2.99. The Kier molecular flexibility index (Phi) is 5.92. The number of hydrogen-bond acceptors (Lipinski definition) is 5. The van der Waals surface area contributed by atoms with Gasteiger partial charge in [0.1, 0.15) is 10.6 Å². The maximum atomic E-state index is 12.2. The summed E-state index contributed by atoms with van der Waals surface area (Å²) < 4.78 is 26.8. The van der Waals surface area contributed by atoms with Crippen LogP contribution < -0.4 is 4.72 Å². The fourth-order valence-corrected chi connectivity index (χ4v) is 3.26. The smallest absolute Gasteiger partial charge is 0.244 e. The van der Waals surface area contributed by atoms with Crippen LogP contribution in [0.25, 0.3) is 0 Å². The normalized spacial score (nSPS) is 12.3. The number of nitrogens with zero attached hydrogens (tertiary/aromatic N) is 2. The van der Waals surface area contributed by atoms with E-state index in [1.165, 1.54) is 0 Å². The van der Waals surface area contributed by atoms with Crippen molar-refractivity contribution in [2.75, 3.05) is 26.2 Å². The molecule has 0 radical (unpaired) electrons. The minimum absolute atomic E-state index is 0.0505. The van der Waals surface area contributed by atoms with E-state index in [2.05, 4.69) is 19.8 Å². The topological polar surface area (TPSA) is 98.3 Å². The lowest BCUT2D eigenvalue weighted by atomic mass is 10.4. The van der Waals surface area contributed by atoms with Crippen molar-refractivity contribution in [3.05, 3.63) is 11.4 Å². The van der Waals surface area contributed by atoms with E-state index in [-0.39, 0.29) is 10.6 Å². The van der Waals surface area contributed by atoms with Gasteiger partial charge in [0, 0.05) is 13.1 Å². The average molecular weight is 290 g/mol. The van der Waals surface area contributed by atoms with Crippen LogP contribution in [0.15, 0.2) is 4.90 Å². The number of likely N-dealkylation sites (N-methyl/N-ethyl adjacent to an activating group) is 1. The van der Waals surface area contributed by atoms with Crippen molar-refractivity contribution in [3.63, 3.8) is 0 Å². The summed E-state index contributed by atoms with van der Waals surface area (Å²) in [5.41, 5.74) is 0.576. The van der Waals surface area contributed by atoms with Crippen LogP contribution in [0.2, 0.25) is 0 Å². The molecule has 0 aromatic carbocycles. The van der Waals surface area contributed by atoms with Crippen LogP contribution >= 0.6 is 0 Å². The second-order valence-electron chi connectivity index (χ2n) is 4.21. The number of aliphatic hydroxyl groups is 1. The summed E-state index contributed by atoms with van der Waals surface area (Å²) in [7, 11) is -3.63. The van der Waals surface area contributed by atoms with Gasteiger partial charge in [0.2, 0.25) is 10.0 Å². The highest BCUT2D eigenvalue weighted by Gasteiger charge is 2.23. The second kappa shape index (κ2) is 6.99. The molecule has 1 rings (SSSR count). The molecule has 0 aliphatic carbocycles. The summed E-state index contributed by atoms with van der Waals surface area (Å²) in [6.07, 6.45) is 0. The van der Waals surface area contributed by atoms with Gasteiger partial charge in [-0.15, -0.1) is 0 Å². The largest absolute Gasteiger partial charge is 0.390 e. The van der Waals surface area contributed by atoms with Crippen LogP contribution in [0.1, 0.15) is 25.2 Å². The summed E-state index contributed by atoms with van der Waals surface area (Å²) in [5.74, 6) is 0. The number of H-pyrrole nitrogens is 1. The number of hydrogen-bond donors (Lipinski definition) is 3. The van der Waals surface area contributed by atoms with Crippen molar-refractivity contribution in [1.82, 2.24) is 19.8 Å². The predicted octanol–water partition coefficient (Wildman–Crippen LogP) is -0.169. The first-order chi connectivity index (χ1) is 8.96. The van der Waals surface area contributed by atoms with Gasteiger partial charge in [-0.2, -0.15) is 5.10 Å². The van der Waals surface area contributed by atoms with E-state index < -0.39 is 16.6 Å². The zero-order valence-corrected chi connectivity index (χ0v) is 12.4. The number of aromatic nitrogens is 2. The van der Waals surface area contributed by atoms with Crippen LogP contribution in [-0.2, 0) is 16.6 Å². The summed E-state index contributed by atoms with van der Waals surface area (Å²) >= 11 is 0. The summed E-state index contributed by atoms with van der Waals surface area (Å²) in [4.78, 5) is 2.17. The van der Waals surface area contributed by atoms with Gasteiger partial charge >= 0.3 is 0 Å². The molecule has 0 bridgehead atoms. The molecule has 0 atom stereocenters. The van der Waals surface area contributed by atoms with E-state index >= 15 is 0 Å². The molecule has 0 saturated heterocycles. The number of rotatable bonds is 8. The van der Waals surface area contributed by atoms with Gasteiger partial charge in [-0.3, -0.25) is 5.10 Å². The van der Waals surface area contributed by atoms with Crippen molar-refractivity contribution >= 4 is 10.0 Å². The molecule has 0 spiro atoms. The Labute approximate surface area is 114 Å². The number of aromatic amines is 1. The van der Waals surface area contributed by atoms with Gasteiger partial charge in [-0.05, 0) is 20.0 Å². The molecule has 0 aliphatic heterocycles.